The number of benzene rings is 3. The van der Waals surface area contributed by atoms with Crippen molar-refractivity contribution in [3.63, 3.8) is 0 Å². The molecule has 5 heteroatoms. The van der Waals surface area contributed by atoms with E-state index in [-0.39, 0.29) is 11.8 Å². The molecule has 3 aromatic carbocycles. The van der Waals surface area contributed by atoms with E-state index in [1.165, 1.54) is 10.5 Å². The van der Waals surface area contributed by atoms with Crippen molar-refractivity contribution in [3.8, 4) is 5.75 Å². The lowest BCUT2D eigenvalue weighted by molar-refractivity contribution is -0.120. The molecule has 2 aliphatic rings. The Morgan fingerprint density at radius 2 is 1.56 bits per heavy atom. The van der Waals surface area contributed by atoms with Gasteiger partial charge in [-0.05, 0) is 61.2 Å². The van der Waals surface area contributed by atoms with Crippen LogP contribution in [0.4, 0.5) is 11.4 Å². The zero-order chi connectivity index (χ0) is 22.1. The highest BCUT2D eigenvalue weighted by Gasteiger charge is 2.43. The summed E-state index contributed by atoms with van der Waals surface area (Å²) >= 11 is 0. The Hall–Kier alpha value is -3.86. The van der Waals surface area contributed by atoms with Gasteiger partial charge < -0.3 is 9.64 Å². The number of hydrogen-bond acceptors (Lipinski definition) is 4. The highest BCUT2D eigenvalue weighted by Crippen LogP contribution is 2.39. The van der Waals surface area contributed by atoms with Crippen LogP contribution in [0.15, 0.2) is 84.6 Å². The van der Waals surface area contributed by atoms with E-state index in [1.807, 2.05) is 72.5 Å². The average Bonchev–Trinajstić information content (AvgIpc) is 3.09. The minimum absolute atomic E-state index is 0.290. The summed E-state index contributed by atoms with van der Waals surface area (Å²) in [5, 5.41) is 0. The number of rotatable bonds is 5. The average molecular weight is 425 g/mol. The van der Waals surface area contributed by atoms with Gasteiger partial charge in [0, 0.05) is 12.2 Å². The van der Waals surface area contributed by atoms with E-state index < -0.39 is 0 Å². The van der Waals surface area contributed by atoms with Gasteiger partial charge in [0.25, 0.3) is 11.8 Å². The number of carbonyl (C=O) groups is 2. The van der Waals surface area contributed by atoms with Gasteiger partial charge in [0.15, 0.2) is 0 Å². The second-order valence-electron chi connectivity index (χ2n) is 7.85. The van der Waals surface area contributed by atoms with Gasteiger partial charge in [-0.2, -0.15) is 0 Å². The highest BCUT2D eigenvalue weighted by atomic mass is 16.5. The minimum Gasteiger partial charge on any atom is -0.494 e. The van der Waals surface area contributed by atoms with E-state index in [2.05, 4.69) is 6.07 Å². The van der Waals surface area contributed by atoms with E-state index in [4.69, 9.17) is 4.74 Å². The van der Waals surface area contributed by atoms with Crippen LogP contribution in [0.3, 0.4) is 0 Å². The molecular formula is C27H24N2O3. The molecule has 0 fully saturated rings. The van der Waals surface area contributed by atoms with Crippen molar-refractivity contribution in [1.29, 1.82) is 0 Å². The predicted molar refractivity (Wildman–Crippen MR) is 126 cm³/mol. The molecule has 0 saturated heterocycles. The monoisotopic (exact) mass is 424 g/mol. The van der Waals surface area contributed by atoms with Crippen LogP contribution in [0.5, 0.6) is 5.75 Å². The van der Waals surface area contributed by atoms with E-state index in [0.717, 1.165) is 24.3 Å². The third kappa shape index (κ3) is 3.36. The van der Waals surface area contributed by atoms with Crippen molar-refractivity contribution in [3.05, 3.63) is 95.7 Å². The van der Waals surface area contributed by atoms with Crippen LogP contribution in [0.25, 0.3) is 5.57 Å². The molecule has 0 unspecified atom stereocenters. The number of fused-ring (bicyclic) bond motifs is 1. The van der Waals surface area contributed by atoms with Gasteiger partial charge in [-0.15, -0.1) is 0 Å². The molecule has 0 bridgehead atoms. The predicted octanol–water partition coefficient (Wildman–Crippen LogP) is 4.82. The maximum absolute atomic E-state index is 13.8. The first-order valence-corrected chi connectivity index (χ1v) is 11.0. The van der Waals surface area contributed by atoms with Gasteiger partial charge in [0.2, 0.25) is 0 Å². The Bertz CT molecular complexity index is 1200. The number of para-hydroxylation sites is 2. The second-order valence-corrected chi connectivity index (χ2v) is 7.85. The summed E-state index contributed by atoms with van der Waals surface area (Å²) in [6, 6.07) is 24.6. The first-order valence-electron chi connectivity index (χ1n) is 11.0. The first kappa shape index (κ1) is 20.1. The molecule has 0 spiro atoms. The van der Waals surface area contributed by atoms with Crippen LogP contribution >= 0.6 is 0 Å². The number of hydrogen-bond donors (Lipinski definition) is 0. The zero-order valence-electron chi connectivity index (χ0n) is 18.0. The largest absolute Gasteiger partial charge is 0.494 e. The van der Waals surface area contributed by atoms with E-state index in [0.29, 0.717) is 35.7 Å². The smallest absolute Gasteiger partial charge is 0.282 e. The molecule has 5 rings (SSSR count). The molecule has 0 saturated carbocycles. The Morgan fingerprint density at radius 1 is 0.844 bits per heavy atom. The van der Waals surface area contributed by atoms with Crippen LogP contribution < -0.4 is 14.5 Å². The summed E-state index contributed by atoms with van der Waals surface area (Å²) in [5.74, 6) is 0.142. The molecule has 0 radical (unpaired) electrons. The molecule has 5 nitrogen and oxygen atoms in total. The molecule has 32 heavy (non-hydrogen) atoms. The molecule has 0 aliphatic carbocycles. The van der Waals surface area contributed by atoms with E-state index in [1.54, 1.807) is 12.1 Å². The van der Waals surface area contributed by atoms with Gasteiger partial charge in [0.05, 0.1) is 17.9 Å². The second kappa shape index (κ2) is 8.35. The van der Waals surface area contributed by atoms with Gasteiger partial charge in [-0.25, -0.2) is 4.90 Å². The Morgan fingerprint density at radius 3 is 2.31 bits per heavy atom. The molecule has 160 valence electrons. The lowest BCUT2D eigenvalue weighted by Gasteiger charge is -2.32. The summed E-state index contributed by atoms with van der Waals surface area (Å²) < 4.78 is 5.56. The lowest BCUT2D eigenvalue weighted by Crippen LogP contribution is -2.37. The van der Waals surface area contributed by atoms with Crippen LogP contribution in [0.1, 0.15) is 24.5 Å². The highest BCUT2D eigenvalue weighted by molar-refractivity contribution is 6.46. The lowest BCUT2D eigenvalue weighted by atomic mass is 9.98. The third-order valence-corrected chi connectivity index (χ3v) is 5.91. The van der Waals surface area contributed by atoms with Gasteiger partial charge >= 0.3 is 0 Å². The third-order valence-electron chi connectivity index (χ3n) is 5.91. The summed E-state index contributed by atoms with van der Waals surface area (Å²) in [5.41, 5.74) is 4.34. The number of ether oxygens (including phenoxy) is 1. The number of anilines is 2. The van der Waals surface area contributed by atoms with E-state index in [9.17, 15) is 9.59 Å². The van der Waals surface area contributed by atoms with Gasteiger partial charge in [0.1, 0.15) is 11.4 Å². The van der Waals surface area contributed by atoms with Crippen LogP contribution in [0.2, 0.25) is 0 Å². The number of aryl methyl sites for hydroxylation is 1. The maximum atomic E-state index is 13.8. The summed E-state index contributed by atoms with van der Waals surface area (Å²) in [4.78, 5) is 30.8. The fourth-order valence-corrected chi connectivity index (χ4v) is 4.49. The number of nitrogens with zero attached hydrogens (tertiary/aromatic N) is 2. The summed E-state index contributed by atoms with van der Waals surface area (Å²) in [7, 11) is 0. The fourth-order valence-electron chi connectivity index (χ4n) is 4.49. The Balaban J connectivity index is 1.66. The first-order chi connectivity index (χ1) is 15.7. The SMILES string of the molecule is CCOc1ccc(C2=C(N3CCCc4ccccc43)C(=O)N(c3ccccc3)C2=O)cc1. The van der Waals surface area contributed by atoms with Crippen molar-refractivity contribution in [2.45, 2.75) is 19.8 Å². The number of carbonyl (C=O) groups excluding carboxylic acids is 2. The van der Waals surface area contributed by atoms with Crippen molar-refractivity contribution in [1.82, 2.24) is 0 Å². The molecule has 0 N–H and O–H groups in total. The minimum atomic E-state index is -0.302. The molecular weight excluding hydrogens is 400 g/mol. The Labute approximate surface area is 187 Å². The van der Waals surface area contributed by atoms with Crippen LogP contribution in [-0.4, -0.2) is 25.0 Å². The van der Waals surface area contributed by atoms with Crippen LogP contribution in [-0.2, 0) is 16.0 Å². The molecule has 0 aromatic heterocycles. The molecule has 3 aromatic rings. The summed E-state index contributed by atoms with van der Waals surface area (Å²) in [6.07, 6.45) is 1.88. The van der Waals surface area contributed by atoms with Gasteiger partial charge in [-0.3, -0.25) is 9.59 Å². The van der Waals surface area contributed by atoms with E-state index >= 15 is 0 Å². The van der Waals surface area contributed by atoms with Crippen molar-refractivity contribution in [2.24, 2.45) is 0 Å². The summed E-state index contributed by atoms with van der Waals surface area (Å²) in [6.45, 7) is 3.19. The molecule has 2 aliphatic heterocycles. The van der Waals surface area contributed by atoms with Crippen molar-refractivity contribution >= 4 is 28.8 Å². The van der Waals surface area contributed by atoms with Gasteiger partial charge in [-0.1, -0.05) is 48.5 Å². The van der Waals surface area contributed by atoms with Crippen molar-refractivity contribution in [2.75, 3.05) is 23.0 Å². The number of amides is 2. The normalized spacial score (nSPS) is 15.9. The quantitative estimate of drug-likeness (QED) is 0.551. The van der Waals surface area contributed by atoms with Crippen LogP contribution in [0, 0.1) is 0 Å². The topological polar surface area (TPSA) is 49.9 Å². The molecule has 0 atom stereocenters. The molecule has 2 amide bonds. The number of imide groups is 1. The Kier molecular flexibility index (Phi) is 5.23. The zero-order valence-corrected chi connectivity index (χ0v) is 18.0. The molecule has 2 heterocycles. The van der Waals surface area contributed by atoms with Crippen molar-refractivity contribution < 1.29 is 14.3 Å². The maximum Gasteiger partial charge on any atom is 0.282 e. The standard InChI is InChI=1S/C27H24N2O3/c1-2-32-22-16-14-20(15-17-22)24-25(28-18-8-10-19-9-6-7-13-23(19)28)27(31)29(26(24)30)21-11-4-3-5-12-21/h3-7,9,11-17H,2,8,10,18H2,1H3. The fraction of sp³-hybridized carbons (Fsp3) is 0.185.